The largest absolute Gasteiger partial charge is 0.294 e. The van der Waals surface area contributed by atoms with Crippen LogP contribution in [0.3, 0.4) is 0 Å². The Morgan fingerprint density at radius 2 is 1.53 bits per heavy atom. The van der Waals surface area contributed by atoms with Crippen LogP contribution in [0.4, 0.5) is 8.78 Å². The van der Waals surface area contributed by atoms with Gasteiger partial charge in [-0.3, -0.25) is 4.79 Å². The summed E-state index contributed by atoms with van der Waals surface area (Å²) >= 11 is 0. The zero-order valence-electron chi connectivity index (χ0n) is 8.99. The normalized spacial score (nSPS) is 10.2. The predicted octanol–water partition coefficient (Wildman–Crippen LogP) is 3.39. The van der Waals surface area contributed by atoms with Crippen LogP contribution in [0.2, 0.25) is 0 Å². The van der Waals surface area contributed by atoms with Gasteiger partial charge in [-0.05, 0) is 17.7 Å². The molecule has 2 aromatic rings. The van der Waals surface area contributed by atoms with Crippen molar-refractivity contribution in [1.29, 1.82) is 0 Å². The van der Waals surface area contributed by atoms with Gasteiger partial charge in [-0.25, -0.2) is 8.78 Å². The Balaban J connectivity index is 2.19. The molecule has 0 aromatic heterocycles. The van der Waals surface area contributed by atoms with Crippen molar-refractivity contribution in [3.63, 3.8) is 0 Å². The molecule has 2 rings (SSSR count). The number of carbonyl (C=O) groups is 1. The van der Waals surface area contributed by atoms with Gasteiger partial charge in [0, 0.05) is 18.1 Å². The number of hydrogen-bond donors (Lipinski definition) is 0. The van der Waals surface area contributed by atoms with Gasteiger partial charge in [-0.1, -0.05) is 30.3 Å². The molecule has 0 saturated carbocycles. The first-order valence-corrected chi connectivity index (χ1v) is 5.18. The summed E-state index contributed by atoms with van der Waals surface area (Å²) in [6.45, 7) is 0. The lowest BCUT2D eigenvalue weighted by Crippen LogP contribution is -2.03. The van der Waals surface area contributed by atoms with Gasteiger partial charge >= 0.3 is 0 Å². The van der Waals surface area contributed by atoms with Crippen molar-refractivity contribution in [2.24, 2.45) is 0 Å². The third-order valence-corrected chi connectivity index (χ3v) is 2.38. The molecule has 0 bridgehead atoms. The number of hydrogen-bond acceptors (Lipinski definition) is 1. The molecule has 0 aliphatic carbocycles. The smallest absolute Gasteiger partial charge is 0.167 e. The molecule has 0 amide bonds. The van der Waals surface area contributed by atoms with E-state index in [1.807, 2.05) is 0 Å². The van der Waals surface area contributed by atoms with Gasteiger partial charge in [-0.2, -0.15) is 0 Å². The van der Waals surface area contributed by atoms with E-state index in [4.69, 9.17) is 0 Å². The van der Waals surface area contributed by atoms with E-state index >= 15 is 0 Å². The van der Waals surface area contributed by atoms with Crippen molar-refractivity contribution < 1.29 is 13.6 Å². The molecular formula is C14H10F2O. The first-order chi connectivity index (χ1) is 8.15. The van der Waals surface area contributed by atoms with Crippen LogP contribution in [0.25, 0.3) is 0 Å². The van der Waals surface area contributed by atoms with Crippen LogP contribution in [0, 0.1) is 11.6 Å². The summed E-state index contributed by atoms with van der Waals surface area (Å²) in [7, 11) is 0. The Labute approximate surface area is 97.7 Å². The first kappa shape index (κ1) is 11.5. The molecule has 0 aliphatic rings. The van der Waals surface area contributed by atoms with Crippen molar-refractivity contribution in [3.8, 4) is 0 Å². The van der Waals surface area contributed by atoms with E-state index in [1.165, 1.54) is 12.1 Å². The minimum Gasteiger partial charge on any atom is -0.294 e. The van der Waals surface area contributed by atoms with E-state index in [1.54, 1.807) is 30.3 Å². The molecule has 0 unspecified atom stereocenters. The Morgan fingerprint density at radius 1 is 0.941 bits per heavy atom. The minimum atomic E-state index is -0.666. The molecule has 86 valence electrons. The summed E-state index contributed by atoms with van der Waals surface area (Å²) in [5.41, 5.74) is 0.883. The summed E-state index contributed by atoms with van der Waals surface area (Å²) in [6, 6.07) is 11.8. The minimum absolute atomic E-state index is 0.00130. The maximum atomic E-state index is 12.9. The lowest BCUT2D eigenvalue weighted by atomic mass is 10.0. The molecular weight excluding hydrogens is 222 g/mol. The summed E-state index contributed by atoms with van der Waals surface area (Å²) < 4.78 is 25.9. The molecule has 17 heavy (non-hydrogen) atoms. The second-order valence-corrected chi connectivity index (χ2v) is 3.74. The lowest BCUT2D eigenvalue weighted by molar-refractivity contribution is 0.0993. The third kappa shape index (κ3) is 2.97. The number of Topliss-reactive ketones (excluding diaryl/α,β-unsaturated/α-hetero) is 1. The second kappa shape index (κ2) is 4.87. The van der Waals surface area contributed by atoms with Crippen LogP contribution in [-0.4, -0.2) is 5.78 Å². The number of carbonyl (C=O) groups excluding carboxylic acids is 1. The molecule has 1 nitrogen and oxygen atoms in total. The molecule has 0 N–H and O–H groups in total. The molecule has 0 atom stereocenters. The molecule has 2 aromatic carbocycles. The van der Waals surface area contributed by atoms with Crippen molar-refractivity contribution in [3.05, 3.63) is 71.3 Å². The maximum absolute atomic E-state index is 12.9. The summed E-state index contributed by atoms with van der Waals surface area (Å²) in [5, 5.41) is 0. The standard InChI is InChI=1S/C14H10F2O/c15-12-6-10(7-13(16)9-12)8-14(17)11-4-2-1-3-5-11/h1-7,9H,8H2. The molecule has 3 heteroatoms. The number of ketones is 1. The molecule has 0 radical (unpaired) electrons. The van der Waals surface area contributed by atoms with Gasteiger partial charge < -0.3 is 0 Å². The van der Waals surface area contributed by atoms with E-state index in [9.17, 15) is 13.6 Å². The first-order valence-electron chi connectivity index (χ1n) is 5.18. The van der Waals surface area contributed by atoms with Crippen molar-refractivity contribution in [1.82, 2.24) is 0 Å². The molecule has 0 fully saturated rings. The fourth-order valence-electron chi connectivity index (χ4n) is 1.62. The number of halogens is 2. The van der Waals surface area contributed by atoms with E-state index in [2.05, 4.69) is 0 Å². The second-order valence-electron chi connectivity index (χ2n) is 3.74. The van der Waals surface area contributed by atoms with Crippen LogP contribution >= 0.6 is 0 Å². The van der Waals surface area contributed by atoms with Gasteiger partial charge in [0.25, 0.3) is 0 Å². The summed E-state index contributed by atoms with van der Waals surface area (Å²) in [6.07, 6.45) is -0.00130. The van der Waals surface area contributed by atoms with E-state index in [0.717, 1.165) is 6.07 Å². The monoisotopic (exact) mass is 232 g/mol. The zero-order chi connectivity index (χ0) is 12.3. The zero-order valence-corrected chi connectivity index (χ0v) is 8.99. The highest BCUT2D eigenvalue weighted by molar-refractivity contribution is 5.97. The Hall–Kier alpha value is -2.03. The highest BCUT2D eigenvalue weighted by atomic mass is 19.1. The van der Waals surface area contributed by atoms with E-state index in [-0.39, 0.29) is 12.2 Å². The molecule has 0 heterocycles. The Morgan fingerprint density at radius 3 is 2.12 bits per heavy atom. The molecule has 0 aliphatic heterocycles. The summed E-state index contributed by atoms with van der Waals surface area (Å²) in [4.78, 5) is 11.8. The number of benzene rings is 2. The fraction of sp³-hybridized carbons (Fsp3) is 0.0714. The highest BCUT2D eigenvalue weighted by Gasteiger charge is 2.08. The van der Waals surface area contributed by atoms with Crippen LogP contribution in [-0.2, 0) is 6.42 Å². The SMILES string of the molecule is O=C(Cc1cc(F)cc(F)c1)c1ccccc1. The van der Waals surface area contributed by atoms with E-state index < -0.39 is 11.6 Å². The summed E-state index contributed by atoms with van der Waals surface area (Å²) in [5.74, 6) is -1.49. The van der Waals surface area contributed by atoms with Crippen LogP contribution in [0.5, 0.6) is 0 Å². The van der Waals surface area contributed by atoms with Gasteiger partial charge in [0.15, 0.2) is 5.78 Å². The van der Waals surface area contributed by atoms with Crippen LogP contribution < -0.4 is 0 Å². The topological polar surface area (TPSA) is 17.1 Å². The van der Waals surface area contributed by atoms with Crippen LogP contribution in [0.15, 0.2) is 48.5 Å². The number of rotatable bonds is 3. The molecule has 0 spiro atoms. The highest BCUT2D eigenvalue weighted by Crippen LogP contribution is 2.11. The van der Waals surface area contributed by atoms with E-state index in [0.29, 0.717) is 11.1 Å². The Bertz CT molecular complexity index is 515. The van der Waals surface area contributed by atoms with Gasteiger partial charge in [-0.15, -0.1) is 0 Å². The fourth-order valence-corrected chi connectivity index (χ4v) is 1.62. The maximum Gasteiger partial charge on any atom is 0.167 e. The van der Waals surface area contributed by atoms with Gasteiger partial charge in [0.2, 0.25) is 0 Å². The molecule has 0 saturated heterocycles. The lowest BCUT2D eigenvalue weighted by Gasteiger charge is -2.02. The van der Waals surface area contributed by atoms with Crippen molar-refractivity contribution >= 4 is 5.78 Å². The average Bonchev–Trinajstić information content (AvgIpc) is 2.28. The predicted molar refractivity (Wildman–Crippen MR) is 60.8 cm³/mol. The van der Waals surface area contributed by atoms with Crippen molar-refractivity contribution in [2.45, 2.75) is 6.42 Å². The quantitative estimate of drug-likeness (QED) is 0.741. The van der Waals surface area contributed by atoms with Crippen LogP contribution in [0.1, 0.15) is 15.9 Å². The van der Waals surface area contributed by atoms with Gasteiger partial charge in [0.05, 0.1) is 0 Å². The Kier molecular flexibility index (Phi) is 3.28. The third-order valence-electron chi connectivity index (χ3n) is 2.38. The van der Waals surface area contributed by atoms with Gasteiger partial charge in [0.1, 0.15) is 11.6 Å². The van der Waals surface area contributed by atoms with Crippen molar-refractivity contribution in [2.75, 3.05) is 0 Å². The average molecular weight is 232 g/mol.